The first-order valence-electron chi connectivity index (χ1n) is 6.41. The van der Waals surface area contributed by atoms with Gasteiger partial charge in [0.05, 0.1) is 6.54 Å². The number of piperidine rings is 1. The van der Waals surface area contributed by atoms with Crippen molar-refractivity contribution >= 4 is 5.91 Å². The van der Waals surface area contributed by atoms with Crippen molar-refractivity contribution in [3.05, 3.63) is 17.5 Å². The van der Waals surface area contributed by atoms with Crippen molar-refractivity contribution in [2.24, 2.45) is 11.8 Å². The number of hydrogen-bond acceptors (Lipinski definition) is 5. The first-order chi connectivity index (χ1) is 8.72. The smallest absolute Gasteiger partial charge is 0.287 e. The van der Waals surface area contributed by atoms with Gasteiger partial charge in [-0.1, -0.05) is 18.5 Å². The van der Waals surface area contributed by atoms with Gasteiger partial charge in [0.25, 0.3) is 5.91 Å². The van der Waals surface area contributed by atoms with Crippen LogP contribution in [0.4, 0.5) is 0 Å². The molecule has 2 heterocycles. The topological polar surface area (TPSA) is 84.4 Å². The number of hydrogen-bond donors (Lipinski definition) is 2. The number of carbonyl (C=O) groups is 1. The molecule has 6 heteroatoms. The van der Waals surface area contributed by atoms with Crippen LogP contribution in [0.2, 0.25) is 0 Å². The van der Waals surface area contributed by atoms with Crippen molar-refractivity contribution in [1.82, 2.24) is 15.5 Å². The minimum atomic E-state index is -0.422. The minimum Gasteiger partial charge on any atom is -0.359 e. The van der Waals surface area contributed by atoms with E-state index in [9.17, 15) is 4.79 Å². The zero-order chi connectivity index (χ0) is 13.0. The van der Waals surface area contributed by atoms with Gasteiger partial charge < -0.3 is 4.52 Å². The molecule has 1 amide bonds. The maximum absolute atomic E-state index is 11.2. The van der Waals surface area contributed by atoms with Crippen molar-refractivity contribution < 1.29 is 9.32 Å². The fourth-order valence-corrected chi connectivity index (χ4v) is 2.34. The zero-order valence-corrected chi connectivity index (χ0v) is 10.7. The van der Waals surface area contributed by atoms with Crippen LogP contribution in [-0.4, -0.2) is 29.1 Å². The number of nitrogens with two attached hydrogens (primary N) is 1. The predicted octanol–water partition coefficient (Wildman–Crippen LogP) is 0.900. The third kappa shape index (κ3) is 3.08. The van der Waals surface area contributed by atoms with Crippen molar-refractivity contribution in [1.29, 1.82) is 0 Å². The van der Waals surface area contributed by atoms with Crippen LogP contribution in [0.25, 0.3) is 0 Å². The molecule has 0 radical (unpaired) electrons. The van der Waals surface area contributed by atoms with Gasteiger partial charge in [-0.25, -0.2) is 5.84 Å². The normalized spacial score (nSPS) is 17.9. The van der Waals surface area contributed by atoms with Gasteiger partial charge in [-0.2, -0.15) is 0 Å². The molecule has 0 aromatic carbocycles. The van der Waals surface area contributed by atoms with Gasteiger partial charge in [-0.15, -0.1) is 0 Å². The average molecular weight is 252 g/mol. The molecule has 18 heavy (non-hydrogen) atoms. The Hall–Kier alpha value is -1.40. The number of likely N-dealkylation sites (tertiary alicyclic amines) is 1. The second kappa shape index (κ2) is 5.97. The molecule has 0 unspecified atom stereocenters. The highest BCUT2D eigenvalue weighted by molar-refractivity contribution is 5.91. The van der Waals surface area contributed by atoms with Crippen molar-refractivity contribution in [2.75, 3.05) is 13.1 Å². The quantitative estimate of drug-likeness (QED) is 0.472. The second-order valence-corrected chi connectivity index (χ2v) is 4.78. The molecule has 1 aromatic heterocycles. The minimum absolute atomic E-state index is 0.232. The fourth-order valence-electron chi connectivity index (χ4n) is 2.34. The molecule has 3 N–H and O–H groups in total. The van der Waals surface area contributed by atoms with Crippen LogP contribution in [-0.2, 0) is 6.54 Å². The molecule has 2 rings (SSSR count). The van der Waals surface area contributed by atoms with Crippen LogP contribution in [0, 0.1) is 5.92 Å². The summed E-state index contributed by atoms with van der Waals surface area (Å²) >= 11 is 0. The number of nitrogens with zero attached hydrogens (tertiary/aromatic N) is 2. The summed E-state index contributed by atoms with van der Waals surface area (Å²) < 4.78 is 5.14. The molecule has 0 atom stereocenters. The Morgan fingerprint density at radius 2 is 2.33 bits per heavy atom. The Bertz CT molecular complexity index is 397. The second-order valence-electron chi connectivity index (χ2n) is 4.78. The highest BCUT2D eigenvalue weighted by Gasteiger charge is 2.19. The van der Waals surface area contributed by atoms with Gasteiger partial charge in [0.1, 0.15) is 0 Å². The number of carbonyl (C=O) groups excluding carboxylic acids is 1. The highest BCUT2D eigenvalue weighted by atomic mass is 16.5. The average Bonchev–Trinajstić information content (AvgIpc) is 2.87. The molecular formula is C12H20N4O2. The molecule has 1 fully saturated rings. The lowest BCUT2D eigenvalue weighted by Gasteiger charge is -2.30. The zero-order valence-electron chi connectivity index (χ0n) is 10.7. The summed E-state index contributed by atoms with van der Waals surface area (Å²) in [4.78, 5) is 13.6. The maximum atomic E-state index is 11.2. The standard InChI is InChI=1S/C12H20N4O2/c1-2-9-3-5-16(6-4-9)8-10-7-11(15-18-10)12(17)14-13/h7,9H,2-6,8,13H2,1H3,(H,14,17). The molecule has 1 aliphatic heterocycles. The van der Waals surface area contributed by atoms with E-state index in [-0.39, 0.29) is 5.69 Å². The van der Waals surface area contributed by atoms with Crippen LogP contribution < -0.4 is 11.3 Å². The monoisotopic (exact) mass is 252 g/mol. The number of amides is 1. The lowest BCUT2D eigenvalue weighted by Crippen LogP contribution is -2.33. The van der Waals surface area contributed by atoms with E-state index in [0.29, 0.717) is 12.3 Å². The Kier molecular flexibility index (Phi) is 4.33. The number of hydrazine groups is 1. The SMILES string of the molecule is CCC1CCN(Cc2cc(C(=O)NN)no2)CC1. The third-order valence-electron chi connectivity index (χ3n) is 3.59. The van der Waals surface area contributed by atoms with Crippen LogP contribution in [0.5, 0.6) is 0 Å². The van der Waals surface area contributed by atoms with Gasteiger partial charge in [0, 0.05) is 6.07 Å². The summed E-state index contributed by atoms with van der Waals surface area (Å²) in [6.07, 6.45) is 3.73. The van der Waals surface area contributed by atoms with Crippen LogP contribution in [0.1, 0.15) is 42.4 Å². The van der Waals surface area contributed by atoms with Crippen LogP contribution >= 0.6 is 0 Å². The van der Waals surface area contributed by atoms with E-state index in [0.717, 1.165) is 19.0 Å². The third-order valence-corrected chi connectivity index (χ3v) is 3.59. The van der Waals surface area contributed by atoms with Gasteiger partial charge in [-0.05, 0) is 31.8 Å². The van der Waals surface area contributed by atoms with E-state index in [1.165, 1.54) is 19.3 Å². The van der Waals surface area contributed by atoms with Crippen molar-refractivity contribution in [3.8, 4) is 0 Å². The van der Waals surface area contributed by atoms with Crippen molar-refractivity contribution in [3.63, 3.8) is 0 Å². The van der Waals surface area contributed by atoms with E-state index in [4.69, 9.17) is 10.4 Å². The van der Waals surface area contributed by atoms with Crippen molar-refractivity contribution in [2.45, 2.75) is 32.7 Å². The summed E-state index contributed by atoms with van der Waals surface area (Å²) in [6.45, 7) is 5.12. The lowest BCUT2D eigenvalue weighted by molar-refractivity contribution is 0.0944. The Morgan fingerprint density at radius 1 is 1.61 bits per heavy atom. The van der Waals surface area contributed by atoms with Crippen LogP contribution in [0.3, 0.4) is 0 Å². The molecule has 6 nitrogen and oxygen atoms in total. The van der Waals surface area contributed by atoms with E-state index >= 15 is 0 Å². The van der Waals surface area contributed by atoms with E-state index < -0.39 is 5.91 Å². The molecule has 0 saturated carbocycles. The fraction of sp³-hybridized carbons (Fsp3) is 0.667. The van der Waals surface area contributed by atoms with Gasteiger partial charge in [-0.3, -0.25) is 15.1 Å². The molecular weight excluding hydrogens is 232 g/mol. The highest BCUT2D eigenvalue weighted by Crippen LogP contribution is 2.21. The Balaban J connectivity index is 1.86. The molecule has 0 aliphatic carbocycles. The molecule has 0 spiro atoms. The first kappa shape index (κ1) is 13.0. The molecule has 100 valence electrons. The number of aromatic nitrogens is 1. The van der Waals surface area contributed by atoms with E-state index in [2.05, 4.69) is 17.0 Å². The van der Waals surface area contributed by atoms with Crippen LogP contribution in [0.15, 0.2) is 10.6 Å². The summed E-state index contributed by atoms with van der Waals surface area (Å²) in [5.74, 6) is 6.18. The van der Waals surface area contributed by atoms with Gasteiger partial charge >= 0.3 is 0 Å². The summed E-state index contributed by atoms with van der Waals surface area (Å²) in [6, 6.07) is 1.65. The predicted molar refractivity (Wildman–Crippen MR) is 66.4 cm³/mol. The number of rotatable bonds is 4. The molecule has 0 bridgehead atoms. The summed E-state index contributed by atoms with van der Waals surface area (Å²) in [5.41, 5.74) is 2.27. The largest absolute Gasteiger partial charge is 0.359 e. The van der Waals surface area contributed by atoms with Gasteiger partial charge in [0.15, 0.2) is 11.5 Å². The first-order valence-corrected chi connectivity index (χ1v) is 6.41. The number of nitrogen functional groups attached to an aromatic ring is 1. The maximum Gasteiger partial charge on any atom is 0.287 e. The molecule has 1 aliphatic rings. The van der Waals surface area contributed by atoms with E-state index in [1.807, 2.05) is 5.43 Å². The molecule has 1 saturated heterocycles. The Morgan fingerprint density at radius 3 is 2.94 bits per heavy atom. The summed E-state index contributed by atoms with van der Waals surface area (Å²) in [7, 11) is 0. The molecule has 1 aromatic rings. The van der Waals surface area contributed by atoms with Gasteiger partial charge in [0.2, 0.25) is 0 Å². The van der Waals surface area contributed by atoms with E-state index in [1.54, 1.807) is 6.07 Å². The summed E-state index contributed by atoms with van der Waals surface area (Å²) in [5, 5.41) is 3.69. The lowest BCUT2D eigenvalue weighted by atomic mass is 9.94. The Labute approximate surface area is 106 Å². The number of nitrogens with one attached hydrogen (secondary N) is 1.